The number of carbonyl (C=O) groups is 1. The van der Waals surface area contributed by atoms with Crippen LogP contribution in [-0.4, -0.2) is 12.9 Å². The predicted molar refractivity (Wildman–Crippen MR) is 79.4 cm³/mol. The molecule has 2 aromatic carbocycles. The van der Waals surface area contributed by atoms with Crippen molar-refractivity contribution in [1.82, 2.24) is 0 Å². The van der Waals surface area contributed by atoms with Gasteiger partial charge >= 0.3 is 0 Å². The maximum absolute atomic E-state index is 13.4. The molecule has 108 valence electrons. The molecule has 1 aliphatic heterocycles. The molecule has 1 aliphatic rings. The summed E-state index contributed by atoms with van der Waals surface area (Å²) < 4.78 is 25.2. The fraction of sp³-hybridized carbons (Fsp3) is 0.188. The molecule has 0 N–H and O–H groups in total. The van der Waals surface area contributed by atoms with Crippen molar-refractivity contribution in [2.45, 2.75) is 12.5 Å². The zero-order valence-corrected chi connectivity index (χ0v) is 12.8. The second-order valence-electron chi connectivity index (χ2n) is 4.76. The zero-order chi connectivity index (χ0) is 15.0. The Kier molecular flexibility index (Phi) is 3.68. The summed E-state index contributed by atoms with van der Waals surface area (Å²) in [6, 6.07) is 9.43. The molecule has 0 bridgehead atoms. The minimum absolute atomic E-state index is 0.0277. The van der Waals surface area contributed by atoms with E-state index in [9.17, 15) is 9.18 Å². The van der Waals surface area contributed by atoms with E-state index in [0.29, 0.717) is 27.1 Å². The van der Waals surface area contributed by atoms with Gasteiger partial charge in [0.15, 0.2) is 5.78 Å². The van der Waals surface area contributed by atoms with E-state index >= 15 is 0 Å². The Labute approximate surface area is 129 Å². The van der Waals surface area contributed by atoms with Crippen LogP contribution in [0, 0.1) is 5.82 Å². The molecule has 0 spiro atoms. The first-order chi connectivity index (χ1) is 10.1. The van der Waals surface area contributed by atoms with E-state index in [1.165, 1.54) is 12.1 Å². The Morgan fingerprint density at radius 2 is 2.10 bits per heavy atom. The van der Waals surface area contributed by atoms with Crippen LogP contribution in [0.5, 0.6) is 11.5 Å². The van der Waals surface area contributed by atoms with Crippen LogP contribution in [-0.2, 0) is 0 Å². The van der Waals surface area contributed by atoms with Gasteiger partial charge in [0.25, 0.3) is 0 Å². The van der Waals surface area contributed by atoms with Gasteiger partial charge in [-0.2, -0.15) is 0 Å². The van der Waals surface area contributed by atoms with E-state index in [-0.39, 0.29) is 18.0 Å². The fourth-order valence-corrected chi connectivity index (χ4v) is 2.87. The zero-order valence-electron chi connectivity index (χ0n) is 11.2. The molecule has 0 aliphatic carbocycles. The van der Waals surface area contributed by atoms with Crippen LogP contribution in [0.15, 0.2) is 40.9 Å². The van der Waals surface area contributed by atoms with Crippen molar-refractivity contribution in [3.63, 3.8) is 0 Å². The number of Topliss-reactive ketones (excluding diaryl/α,β-unsaturated/α-hetero) is 1. The lowest BCUT2D eigenvalue weighted by atomic mass is 9.96. The number of rotatable bonds is 2. The Morgan fingerprint density at radius 1 is 1.29 bits per heavy atom. The number of halogens is 2. The van der Waals surface area contributed by atoms with Crippen molar-refractivity contribution in [1.29, 1.82) is 0 Å². The number of methoxy groups -OCH3 is 1. The number of carbonyl (C=O) groups excluding carboxylic acids is 1. The third kappa shape index (κ3) is 2.65. The number of hydrogen-bond donors (Lipinski definition) is 0. The van der Waals surface area contributed by atoms with Crippen LogP contribution in [0.1, 0.15) is 28.4 Å². The summed E-state index contributed by atoms with van der Waals surface area (Å²) >= 11 is 3.37. The van der Waals surface area contributed by atoms with E-state index in [4.69, 9.17) is 9.47 Å². The van der Waals surface area contributed by atoms with Gasteiger partial charge in [0.05, 0.1) is 19.1 Å². The van der Waals surface area contributed by atoms with Gasteiger partial charge in [0.1, 0.15) is 23.4 Å². The van der Waals surface area contributed by atoms with Gasteiger partial charge in [0.2, 0.25) is 0 Å². The summed E-state index contributed by atoms with van der Waals surface area (Å²) in [6.45, 7) is 0. The first kappa shape index (κ1) is 14.1. The topological polar surface area (TPSA) is 35.5 Å². The quantitative estimate of drug-likeness (QED) is 0.809. The Balaban J connectivity index is 2.01. The monoisotopic (exact) mass is 350 g/mol. The van der Waals surface area contributed by atoms with E-state index in [1.807, 2.05) is 0 Å². The number of ketones is 1. The summed E-state index contributed by atoms with van der Waals surface area (Å²) in [7, 11) is 1.55. The van der Waals surface area contributed by atoms with Gasteiger partial charge in [0, 0.05) is 16.1 Å². The lowest BCUT2D eigenvalue weighted by Crippen LogP contribution is -2.20. The molecular formula is C16H12BrFO3. The van der Waals surface area contributed by atoms with Gasteiger partial charge in [-0.1, -0.05) is 15.9 Å². The molecule has 0 amide bonds. The number of fused-ring (bicyclic) bond motifs is 1. The molecule has 3 rings (SSSR count). The van der Waals surface area contributed by atoms with Crippen LogP contribution in [0.3, 0.4) is 0 Å². The maximum atomic E-state index is 13.4. The molecule has 3 nitrogen and oxygen atoms in total. The third-order valence-corrected chi connectivity index (χ3v) is 4.16. The minimum Gasteiger partial charge on any atom is -0.497 e. The summed E-state index contributed by atoms with van der Waals surface area (Å²) in [5.41, 5.74) is 1.15. The second kappa shape index (κ2) is 5.48. The highest BCUT2D eigenvalue weighted by molar-refractivity contribution is 9.10. The Morgan fingerprint density at radius 3 is 2.86 bits per heavy atom. The van der Waals surface area contributed by atoms with Crippen LogP contribution in [0.25, 0.3) is 0 Å². The van der Waals surface area contributed by atoms with Crippen LogP contribution < -0.4 is 9.47 Å². The lowest BCUT2D eigenvalue weighted by Gasteiger charge is -2.26. The van der Waals surface area contributed by atoms with E-state index in [0.717, 1.165) is 0 Å². The second-order valence-corrected chi connectivity index (χ2v) is 5.62. The van der Waals surface area contributed by atoms with Crippen LogP contribution >= 0.6 is 15.9 Å². The lowest BCUT2D eigenvalue weighted by molar-refractivity contribution is 0.0848. The first-order valence-corrected chi connectivity index (χ1v) is 7.20. The van der Waals surface area contributed by atoms with Crippen molar-refractivity contribution < 1.29 is 18.7 Å². The molecule has 0 fully saturated rings. The summed E-state index contributed by atoms with van der Waals surface area (Å²) in [5, 5.41) is 0. The molecule has 1 atom stereocenters. The van der Waals surface area contributed by atoms with E-state index < -0.39 is 6.10 Å². The van der Waals surface area contributed by atoms with Gasteiger partial charge < -0.3 is 9.47 Å². The van der Waals surface area contributed by atoms with Crippen LogP contribution in [0.4, 0.5) is 4.39 Å². The van der Waals surface area contributed by atoms with E-state index in [1.54, 1.807) is 31.4 Å². The number of ether oxygens (including phenoxy) is 2. The average Bonchev–Trinajstić information content (AvgIpc) is 2.49. The van der Waals surface area contributed by atoms with Gasteiger partial charge in [-0.25, -0.2) is 4.39 Å². The van der Waals surface area contributed by atoms with Crippen molar-refractivity contribution >= 4 is 21.7 Å². The highest BCUT2D eigenvalue weighted by atomic mass is 79.9. The summed E-state index contributed by atoms with van der Waals surface area (Å²) in [5.74, 6) is 0.688. The van der Waals surface area contributed by atoms with Gasteiger partial charge in [-0.3, -0.25) is 4.79 Å². The third-order valence-electron chi connectivity index (χ3n) is 3.43. The van der Waals surface area contributed by atoms with Crippen LogP contribution in [0.2, 0.25) is 0 Å². The number of hydrogen-bond acceptors (Lipinski definition) is 3. The molecule has 0 saturated carbocycles. The standard InChI is InChI=1S/C16H12BrFO3/c1-20-10-3-4-11-14(19)8-16(21-15(11)7-10)12-6-9(18)2-5-13(12)17/h2-7,16H,8H2,1H3. The van der Waals surface area contributed by atoms with Crippen molar-refractivity contribution in [3.05, 3.63) is 57.8 Å². The molecular weight excluding hydrogens is 339 g/mol. The SMILES string of the molecule is COc1ccc2c(c1)OC(c1cc(F)ccc1Br)CC2=O. The summed E-state index contributed by atoms with van der Waals surface area (Å²) in [4.78, 5) is 12.2. The maximum Gasteiger partial charge on any atom is 0.170 e. The molecule has 1 heterocycles. The molecule has 0 radical (unpaired) electrons. The first-order valence-electron chi connectivity index (χ1n) is 6.41. The van der Waals surface area contributed by atoms with Gasteiger partial charge in [-0.05, 0) is 30.3 Å². The molecule has 2 aromatic rings. The highest BCUT2D eigenvalue weighted by Crippen LogP contribution is 2.39. The van der Waals surface area contributed by atoms with Crippen molar-refractivity contribution in [3.8, 4) is 11.5 Å². The van der Waals surface area contributed by atoms with Gasteiger partial charge in [-0.15, -0.1) is 0 Å². The molecule has 0 saturated heterocycles. The van der Waals surface area contributed by atoms with E-state index in [2.05, 4.69) is 15.9 Å². The highest BCUT2D eigenvalue weighted by Gasteiger charge is 2.29. The molecule has 0 aromatic heterocycles. The normalized spacial score (nSPS) is 17.1. The minimum atomic E-state index is -0.512. The molecule has 21 heavy (non-hydrogen) atoms. The number of benzene rings is 2. The van der Waals surface area contributed by atoms with Crippen molar-refractivity contribution in [2.75, 3.05) is 7.11 Å². The predicted octanol–water partition coefficient (Wildman–Crippen LogP) is 4.30. The molecule has 5 heteroatoms. The average molecular weight is 351 g/mol. The Hall–Kier alpha value is -1.88. The largest absolute Gasteiger partial charge is 0.497 e. The summed E-state index contributed by atoms with van der Waals surface area (Å²) in [6.07, 6.45) is -0.330. The molecule has 1 unspecified atom stereocenters. The van der Waals surface area contributed by atoms with Crippen molar-refractivity contribution in [2.24, 2.45) is 0 Å². The Bertz CT molecular complexity index is 715. The smallest absolute Gasteiger partial charge is 0.170 e. The fourth-order valence-electron chi connectivity index (χ4n) is 2.37.